The lowest BCUT2D eigenvalue weighted by Gasteiger charge is -1.89. The van der Waals surface area contributed by atoms with Crippen LogP contribution in [0, 0.1) is 0 Å². The van der Waals surface area contributed by atoms with Crippen LogP contribution in [0.5, 0.6) is 0 Å². The molecular weight excluding hydrogens is 193 g/mol. The lowest BCUT2D eigenvalue weighted by Crippen LogP contribution is -2.24. The summed E-state index contributed by atoms with van der Waals surface area (Å²) in [4.78, 5) is 9.57. The Hall–Kier alpha value is -0.0400. The Morgan fingerprint density at radius 1 is 1.56 bits per heavy atom. The molecule has 0 aliphatic carbocycles. The van der Waals surface area contributed by atoms with Crippen molar-refractivity contribution in [3.05, 3.63) is 0 Å². The third-order valence-corrected chi connectivity index (χ3v) is 0.859. The number of amides is 1. The fourth-order valence-electron chi connectivity index (χ4n) is 0.101. The van der Waals surface area contributed by atoms with Gasteiger partial charge >= 0.3 is 15.7 Å². The molecule has 0 aromatic heterocycles. The first-order valence-electron chi connectivity index (χ1n) is 1.36. The zero-order valence-corrected chi connectivity index (χ0v) is 6.26. The largest absolute Gasteiger partial charge is 0.360 e. The molecule has 0 aliphatic rings. The van der Waals surface area contributed by atoms with Crippen LogP contribution in [-0.2, 0) is 10.3 Å². The Balaban J connectivity index is 0. The van der Waals surface area contributed by atoms with Gasteiger partial charge in [0.05, 0.1) is 0 Å². The van der Waals surface area contributed by atoms with Gasteiger partial charge in [-0.15, -0.1) is 12.4 Å². The normalized spacial score (nSPS) is 9.56. The Bertz CT molecular complexity index is 185. The van der Waals surface area contributed by atoms with E-state index in [-0.39, 0.29) is 12.4 Å². The Morgan fingerprint density at radius 3 is 1.89 bits per heavy atom. The van der Waals surface area contributed by atoms with Crippen molar-refractivity contribution in [2.45, 2.75) is 0 Å². The van der Waals surface area contributed by atoms with Gasteiger partial charge in [-0.25, -0.2) is 4.72 Å². The molecule has 0 rings (SSSR count). The van der Waals surface area contributed by atoms with Crippen LogP contribution in [0.4, 0.5) is 4.79 Å². The lowest BCUT2D eigenvalue weighted by molar-refractivity contribution is 0.263. The molecule has 0 aromatic carbocycles. The smallest absolute Gasteiger partial charge is 0.269 e. The first-order valence-corrected chi connectivity index (χ1v) is 3.18. The number of hydrogen-bond acceptors (Lipinski definition) is 3. The second kappa shape index (κ2) is 3.89. The third kappa shape index (κ3) is 11.5. The summed E-state index contributed by atoms with van der Waals surface area (Å²) in [6, 6.07) is 0. The van der Waals surface area contributed by atoms with E-state index in [1.165, 1.54) is 0 Å². The minimum absolute atomic E-state index is 0. The summed E-state index contributed by atoms with van der Waals surface area (Å²) in [5, 5.41) is -1.34. The van der Waals surface area contributed by atoms with Gasteiger partial charge in [0.25, 0.3) is 0 Å². The van der Waals surface area contributed by atoms with E-state index in [9.17, 15) is 13.2 Å². The van der Waals surface area contributed by atoms with Crippen LogP contribution in [0.3, 0.4) is 0 Å². The molecule has 0 heterocycles. The molecule has 0 bridgehead atoms. The van der Waals surface area contributed by atoms with Crippen LogP contribution in [0.25, 0.3) is 0 Å². The predicted molar refractivity (Wildman–Crippen MR) is 33.2 cm³/mol. The van der Waals surface area contributed by atoms with E-state index >= 15 is 0 Å². The fraction of sp³-hybridized carbons (Fsp3) is 0. The summed E-state index contributed by atoms with van der Waals surface area (Å²) in [5.74, 6) is 0. The van der Waals surface area contributed by atoms with Crippen LogP contribution < -0.4 is 4.72 Å². The Labute approximate surface area is 62.7 Å². The molecule has 9 heavy (non-hydrogen) atoms. The van der Waals surface area contributed by atoms with Crippen molar-refractivity contribution in [2.24, 2.45) is 0 Å². The maximum absolute atomic E-state index is 9.58. The number of carbonyl (C=O) groups is 1. The zero-order valence-electron chi connectivity index (χ0n) is 3.87. The monoisotopic (exact) mass is 195 g/mol. The molecule has 1 amide bonds. The van der Waals surface area contributed by atoms with Gasteiger partial charge in [-0.1, -0.05) is 0 Å². The van der Waals surface area contributed by atoms with Crippen molar-refractivity contribution in [2.75, 3.05) is 0 Å². The molecular formula is CH3Cl2NO4S. The van der Waals surface area contributed by atoms with Crippen LogP contribution in [0.2, 0.25) is 0 Å². The van der Waals surface area contributed by atoms with Gasteiger partial charge in [0, 0.05) is 0 Å². The molecule has 8 heteroatoms. The van der Waals surface area contributed by atoms with E-state index in [0.717, 1.165) is 4.72 Å². The lowest BCUT2D eigenvalue weighted by atomic mass is 11.5. The summed E-state index contributed by atoms with van der Waals surface area (Å²) in [6.45, 7) is 0. The molecule has 2 N–H and O–H groups in total. The van der Waals surface area contributed by atoms with E-state index in [2.05, 4.69) is 11.6 Å². The number of nitrogens with one attached hydrogen (secondary N) is 1. The quantitative estimate of drug-likeness (QED) is 0.355. The molecule has 0 spiro atoms. The summed E-state index contributed by atoms with van der Waals surface area (Å²) in [6.07, 6.45) is 0. The minimum atomic E-state index is -4.45. The first kappa shape index (κ1) is 11.7. The average molecular weight is 196 g/mol. The van der Waals surface area contributed by atoms with Gasteiger partial charge in [-0.05, 0) is 11.6 Å². The SMILES string of the molecule is Cl.O=C(Cl)NS(=O)(=O)O. The van der Waals surface area contributed by atoms with Gasteiger partial charge < -0.3 is 0 Å². The highest BCUT2D eigenvalue weighted by molar-refractivity contribution is 7.84. The molecule has 0 unspecified atom stereocenters. The highest BCUT2D eigenvalue weighted by Gasteiger charge is 2.04. The number of rotatable bonds is 1. The first-order chi connectivity index (χ1) is 3.42. The van der Waals surface area contributed by atoms with E-state index < -0.39 is 15.7 Å². The predicted octanol–water partition coefficient (Wildman–Crippen LogP) is 0.159. The van der Waals surface area contributed by atoms with E-state index in [0.29, 0.717) is 0 Å². The van der Waals surface area contributed by atoms with Crippen molar-refractivity contribution in [3.63, 3.8) is 0 Å². The molecule has 5 nitrogen and oxygen atoms in total. The van der Waals surface area contributed by atoms with Gasteiger partial charge in [0.15, 0.2) is 0 Å². The summed E-state index contributed by atoms with van der Waals surface area (Å²) < 4.78 is 27.9. The van der Waals surface area contributed by atoms with Gasteiger partial charge in [-0.2, -0.15) is 8.42 Å². The standard InChI is InChI=1S/CH2ClNO4S.ClH/c2-1(4)3-8(5,6)7;/h(H,3,4)(H,5,6,7);1H. The number of carbonyl (C=O) groups excluding carboxylic acids is 1. The summed E-state index contributed by atoms with van der Waals surface area (Å²) in [7, 11) is -4.45. The third-order valence-electron chi connectivity index (χ3n) is 0.209. The number of hydrogen-bond donors (Lipinski definition) is 2. The van der Waals surface area contributed by atoms with Crippen LogP contribution >= 0.6 is 24.0 Å². The van der Waals surface area contributed by atoms with Gasteiger partial charge in [0.2, 0.25) is 0 Å². The van der Waals surface area contributed by atoms with Crippen molar-refractivity contribution in [1.29, 1.82) is 0 Å². The molecule has 0 aliphatic heterocycles. The van der Waals surface area contributed by atoms with E-state index in [1.54, 1.807) is 0 Å². The van der Waals surface area contributed by atoms with Gasteiger partial charge in [0.1, 0.15) is 0 Å². The molecule has 0 saturated carbocycles. The van der Waals surface area contributed by atoms with Crippen LogP contribution in [-0.4, -0.2) is 18.3 Å². The van der Waals surface area contributed by atoms with E-state index in [1.807, 2.05) is 0 Å². The Kier molecular flexibility index (Phi) is 5.06. The highest BCUT2D eigenvalue weighted by atomic mass is 35.5. The summed E-state index contributed by atoms with van der Waals surface area (Å²) in [5.41, 5.74) is 0. The minimum Gasteiger partial charge on any atom is -0.269 e. The second-order valence-corrected chi connectivity index (χ2v) is 2.35. The summed E-state index contributed by atoms with van der Waals surface area (Å²) >= 11 is 4.47. The van der Waals surface area contributed by atoms with Crippen molar-refractivity contribution >= 4 is 39.7 Å². The van der Waals surface area contributed by atoms with Crippen LogP contribution in [0.15, 0.2) is 0 Å². The molecule has 0 radical (unpaired) electrons. The zero-order chi connectivity index (χ0) is 6.78. The van der Waals surface area contributed by atoms with Crippen molar-refractivity contribution < 1.29 is 17.8 Å². The molecule has 0 saturated heterocycles. The van der Waals surface area contributed by atoms with Crippen molar-refractivity contribution in [3.8, 4) is 0 Å². The second-order valence-electron chi connectivity index (χ2n) is 0.851. The Morgan fingerprint density at radius 2 is 1.89 bits per heavy atom. The molecule has 0 fully saturated rings. The van der Waals surface area contributed by atoms with Gasteiger partial charge in [-0.3, -0.25) is 9.35 Å². The fourth-order valence-corrected chi connectivity index (χ4v) is 0.597. The van der Waals surface area contributed by atoms with E-state index in [4.69, 9.17) is 4.55 Å². The average Bonchev–Trinajstić information content (AvgIpc) is 1.21. The number of halogens is 2. The maximum Gasteiger partial charge on any atom is 0.360 e. The topological polar surface area (TPSA) is 83.5 Å². The maximum atomic E-state index is 9.58. The molecule has 56 valence electrons. The van der Waals surface area contributed by atoms with Crippen molar-refractivity contribution in [1.82, 2.24) is 4.72 Å². The molecule has 0 atom stereocenters. The molecule has 0 aromatic rings. The highest BCUT2D eigenvalue weighted by Crippen LogP contribution is 1.79. The van der Waals surface area contributed by atoms with Crippen LogP contribution in [0.1, 0.15) is 0 Å².